The van der Waals surface area contributed by atoms with Gasteiger partial charge in [-0.05, 0) is 62.4 Å². The van der Waals surface area contributed by atoms with E-state index in [1.54, 1.807) is 36.1 Å². The highest BCUT2D eigenvalue weighted by molar-refractivity contribution is 8.00. The first-order chi connectivity index (χ1) is 10.3. The Morgan fingerprint density at radius 3 is 2.45 bits per heavy atom. The lowest BCUT2D eigenvalue weighted by molar-refractivity contribution is 0.0993. The summed E-state index contributed by atoms with van der Waals surface area (Å²) in [7, 11) is 1.60. The molecule has 22 heavy (non-hydrogen) atoms. The molecular weight excluding hydrogens is 300 g/mol. The van der Waals surface area contributed by atoms with Gasteiger partial charge >= 0.3 is 0 Å². The second kappa shape index (κ2) is 6.48. The molecule has 2 rings (SSSR count). The predicted octanol–water partition coefficient (Wildman–Crippen LogP) is 2.80. The zero-order chi connectivity index (χ0) is 16.3. The first kappa shape index (κ1) is 16.5. The number of carbonyl (C=O) groups excluding carboxylic acids is 1. The van der Waals surface area contributed by atoms with E-state index in [4.69, 9.17) is 4.74 Å². The molecule has 1 aromatic heterocycles. The largest absolute Gasteiger partial charge is 0.497 e. The third-order valence-electron chi connectivity index (χ3n) is 3.10. The summed E-state index contributed by atoms with van der Waals surface area (Å²) in [4.78, 5) is 12.5. The number of benzene rings is 1. The van der Waals surface area contributed by atoms with Gasteiger partial charge in [0.1, 0.15) is 5.75 Å². The van der Waals surface area contributed by atoms with Gasteiger partial charge in [0, 0.05) is 5.56 Å². The number of tetrazole rings is 1. The van der Waals surface area contributed by atoms with Gasteiger partial charge in [0.2, 0.25) is 5.16 Å². The fraction of sp³-hybridized carbons (Fsp3) is 0.467. The average molecular weight is 320 g/mol. The van der Waals surface area contributed by atoms with Gasteiger partial charge in [0.25, 0.3) is 0 Å². The third kappa shape index (κ3) is 3.65. The fourth-order valence-electron chi connectivity index (χ4n) is 1.88. The Labute approximate surface area is 134 Å². The van der Waals surface area contributed by atoms with Crippen LogP contribution in [0, 0.1) is 0 Å². The zero-order valence-electron chi connectivity index (χ0n) is 13.4. The molecule has 0 N–H and O–H groups in total. The van der Waals surface area contributed by atoms with E-state index < -0.39 is 0 Å². The van der Waals surface area contributed by atoms with Crippen molar-refractivity contribution in [1.82, 2.24) is 20.2 Å². The summed E-state index contributed by atoms with van der Waals surface area (Å²) in [5.74, 6) is 0.768. The first-order valence-electron chi connectivity index (χ1n) is 6.96. The summed E-state index contributed by atoms with van der Waals surface area (Å²) >= 11 is 1.36. The van der Waals surface area contributed by atoms with E-state index in [9.17, 15) is 4.79 Å². The van der Waals surface area contributed by atoms with Gasteiger partial charge in [-0.2, -0.15) is 0 Å². The molecule has 7 heteroatoms. The standard InChI is InChI=1S/C15H20N4O2S/c1-10(13(20)11-6-8-12(21-5)9-7-11)22-14-16-17-18-19(14)15(2,3)4/h6-10H,1-5H3. The predicted molar refractivity (Wildman–Crippen MR) is 85.5 cm³/mol. The van der Waals surface area contributed by atoms with Gasteiger partial charge in [-0.1, -0.05) is 11.8 Å². The number of ether oxygens (including phenoxy) is 1. The zero-order valence-corrected chi connectivity index (χ0v) is 14.2. The monoisotopic (exact) mass is 320 g/mol. The van der Waals surface area contributed by atoms with Crippen molar-refractivity contribution in [3.63, 3.8) is 0 Å². The van der Waals surface area contributed by atoms with Crippen molar-refractivity contribution in [2.75, 3.05) is 7.11 Å². The van der Waals surface area contributed by atoms with Gasteiger partial charge in [0.05, 0.1) is 17.9 Å². The summed E-state index contributed by atoms with van der Waals surface area (Å²) in [5.41, 5.74) is 0.421. The van der Waals surface area contributed by atoms with Gasteiger partial charge in [-0.15, -0.1) is 5.10 Å². The summed E-state index contributed by atoms with van der Waals surface area (Å²) in [6.07, 6.45) is 0. The van der Waals surface area contributed by atoms with Crippen LogP contribution in [0.2, 0.25) is 0 Å². The molecule has 1 atom stereocenters. The van der Waals surface area contributed by atoms with Crippen LogP contribution in [0.15, 0.2) is 29.4 Å². The minimum atomic E-state index is -0.277. The molecule has 0 radical (unpaired) electrons. The van der Waals surface area contributed by atoms with E-state index >= 15 is 0 Å². The number of rotatable bonds is 5. The number of nitrogens with zero attached hydrogens (tertiary/aromatic N) is 4. The number of ketones is 1. The van der Waals surface area contributed by atoms with Crippen molar-refractivity contribution in [1.29, 1.82) is 0 Å². The Kier molecular flexibility index (Phi) is 4.85. The number of aromatic nitrogens is 4. The number of methoxy groups -OCH3 is 1. The van der Waals surface area contributed by atoms with Crippen LogP contribution in [0.25, 0.3) is 0 Å². The van der Waals surface area contributed by atoms with Crippen LogP contribution in [-0.4, -0.2) is 38.4 Å². The topological polar surface area (TPSA) is 69.9 Å². The minimum Gasteiger partial charge on any atom is -0.497 e. The van der Waals surface area contributed by atoms with Crippen LogP contribution in [0.4, 0.5) is 0 Å². The molecular formula is C15H20N4O2S. The molecule has 1 aromatic carbocycles. The SMILES string of the molecule is COc1ccc(C(=O)C(C)Sc2nnnn2C(C)(C)C)cc1. The maximum atomic E-state index is 12.5. The maximum Gasteiger partial charge on any atom is 0.210 e. The molecule has 0 aliphatic rings. The number of hydrogen-bond acceptors (Lipinski definition) is 6. The molecule has 0 bridgehead atoms. The van der Waals surface area contributed by atoms with Gasteiger partial charge in [-0.3, -0.25) is 4.79 Å². The molecule has 0 aliphatic carbocycles. The van der Waals surface area contributed by atoms with Crippen molar-refractivity contribution in [3.8, 4) is 5.75 Å². The van der Waals surface area contributed by atoms with Gasteiger partial charge in [0.15, 0.2) is 5.78 Å². The summed E-state index contributed by atoms with van der Waals surface area (Å²) in [6.45, 7) is 7.91. The highest BCUT2D eigenvalue weighted by atomic mass is 32.2. The second-order valence-electron chi connectivity index (χ2n) is 5.90. The van der Waals surface area contributed by atoms with Crippen molar-refractivity contribution < 1.29 is 9.53 Å². The van der Waals surface area contributed by atoms with Crippen molar-refractivity contribution in [2.45, 2.75) is 43.6 Å². The Hall–Kier alpha value is -1.89. The van der Waals surface area contributed by atoms with E-state index in [2.05, 4.69) is 15.5 Å². The van der Waals surface area contributed by atoms with Crippen LogP contribution < -0.4 is 4.74 Å². The molecule has 1 unspecified atom stereocenters. The lowest BCUT2D eigenvalue weighted by atomic mass is 10.1. The fourth-order valence-corrected chi connectivity index (χ4v) is 2.93. The number of thioether (sulfide) groups is 1. The van der Waals surface area contributed by atoms with Crippen molar-refractivity contribution >= 4 is 17.5 Å². The van der Waals surface area contributed by atoms with E-state index in [1.165, 1.54) is 11.8 Å². The van der Waals surface area contributed by atoms with Crippen LogP contribution in [0.3, 0.4) is 0 Å². The van der Waals surface area contributed by atoms with E-state index in [1.807, 2.05) is 27.7 Å². The lowest BCUT2D eigenvalue weighted by Crippen LogP contribution is -2.25. The quantitative estimate of drug-likeness (QED) is 0.623. The van der Waals surface area contributed by atoms with Gasteiger partial charge < -0.3 is 4.74 Å². The van der Waals surface area contributed by atoms with Crippen LogP contribution >= 0.6 is 11.8 Å². The molecule has 118 valence electrons. The molecule has 0 amide bonds. The van der Waals surface area contributed by atoms with E-state index in [0.717, 1.165) is 5.75 Å². The molecule has 0 fully saturated rings. The molecule has 1 heterocycles. The number of carbonyl (C=O) groups is 1. The Balaban J connectivity index is 2.13. The first-order valence-corrected chi connectivity index (χ1v) is 7.84. The van der Waals surface area contributed by atoms with Crippen molar-refractivity contribution in [3.05, 3.63) is 29.8 Å². The molecule has 0 saturated carbocycles. The van der Waals surface area contributed by atoms with Crippen LogP contribution in [0.1, 0.15) is 38.1 Å². The summed E-state index contributed by atoms with van der Waals surface area (Å²) in [6, 6.07) is 7.10. The second-order valence-corrected chi connectivity index (χ2v) is 7.20. The van der Waals surface area contributed by atoms with E-state index in [-0.39, 0.29) is 16.6 Å². The van der Waals surface area contributed by atoms with Gasteiger partial charge in [-0.25, -0.2) is 4.68 Å². The van der Waals surface area contributed by atoms with Crippen molar-refractivity contribution in [2.24, 2.45) is 0 Å². The number of hydrogen-bond donors (Lipinski definition) is 0. The molecule has 0 spiro atoms. The highest BCUT2D eigenvalue weighted by Gasteiger charge is 2.24. The Bertz CT molecular complexity index is 646. The lowest BCUT2D eigenvalue weighted by Gasteiger charge is -2.20. The van der Waals surface area contributed by atoms with Crippen LogP contribution in [0.5, 0.6) is 5.75 Å². The van der Waals surface area contributed by atoms with Crippen LogP contribution in [-0.2, 0) is 5.54 Å². The molecule has 0 saturated heterocycles. The molecule has 2 aromatic rings. The smallest absolute Gasteiger partial charge is 0.210 e. The van der Waals surface area contributed by atoms with E-state index in [0.29, 0.717) is 10.7 Å². The maximum absolute atomic E-state index is 12.5. The molecule has 0 aliphatic heterocycles. The normalized spacial score (nSPS) is 13.0. The Morgan fingerprint density at radius 2 is 1.91 bits per heavy atom. The Morgan fingerprint density at radius 1 is 1.27 bits per heavy atom. The summed E-state index contributed by atoms with van der Waals surface area (Å²) < 4.78 is 6.83. The summed E-state index contributed by atoms with van der Waals surface area (Å²) in [5, 5.41) is 12.1. The highest BCUT2D eigenvalue weighted by Crippen LogP contribution is 2.27. The average Bonchev–Trinajstić information content (AvgIpc) is 2.95. The minimum absolute atomic E-state index is 0.0381. The number of Topliss-reactive ketones (excluding diaryl/α,β-unsaturated/α-hetero) is 1. The molecule has 6 nitrogen and oxygen atoms in total. The third-order valence-corrected chi connectivity index (χ3v) is 4.14.